The molecule has 1 N–H and O–H groups in total. The largest absolute Gasteiger partial charge is 0.441 e. The maximum atomic E-state index is 13.3. The van der Waals surface area contributed by atoms with Gasteiger partial charge in [0.1, 0.15) is 23.0 Å². The quantitative estimate of drug-likeness (QED) is 0.596. The van der Waals surface area contributed by atoms with Crippen LogP contribution in [0, 0.1) is 11.7 Å². The van der Waals surface area contributed by atoms with Crippen LogP contribution in [0.25, 0.3) is 0 Å². The molecule has 1 aliphatic carbocycles. The fourth-order valence-electron chi connectivity index (χ4n) is 4.27. The number of nitrogens with one attached hydrogen (secondary N) is 1. The molecule has 0 radical (unpaired) electrons. The number of carbonyl (C=O) groups is 1. The lowest BCUT2D eigenvalue weighted by molar-refractivity contribution is 0.0148. The summed E-state index contributed by atoms with van der Waals surface area (Å²) in [6.45, 7) is 1.25. The summed E-state index contributed by atoms with van der Waals surface area (Å²) in [5.41, 5.74) is -0.458. The average Bonchev–Trinajstić information content (AvgIpc) is 3.16. The summed E-state index contributed by atoms with van der Waals surface area (Å²) in [7, 11) is 0. The van der Waals surface area contributed by atoms with E-state index in [0.29, 0.717) is 35.7 Å². The lowest BCUT2D eigenvalue weighted by Crippen LogP contribution is -2.39. The molecule has 1 saturated carbocycles. The van der Waals surface area contributed by atoms with Crippen LogP contribution in [0.4, 0.5) is 20.8 Å². The zero-order valence-corrected chi connectivity index (χ0v) is 17.9. The van der Waals surface area contributed by atoms with Crippen LogP contribution >= 0.6 is 0 Å². The number of nitrogens with zero attached hydrogens (tertiary/aromatic N) is 5. The molecule has 0 unspecified atom stereocenters. The van der Waals surface area contributed by atoms with Crippen LogP contribution in [0.2, 0.25) is 0 Å². The number of carbonyl (C=O) groups excluding carboxylic acids is 1. The van der Waals surface area contributed by atoms with Gasteiger partial charge in [-0.05, 0) is 61.9 Å². The third-order valence-electron chi connectivity index (χ3n) is 6.05. The molecule has 1 spiro atoms. The summed E-state index contributed by atoms with van der Waals surface area (Å²) in [5.74, 6) is 1.88. The fourth-order valence-corrected chi connectivity index (χ4v) is 4.27. The SMILES string of the molecule is O=C1O[C@]2(CC[C@H](CNc3ccc(Oc4cccc(F)c4)nn3)CC2)CN1c1cccnn1. The molecule has 1 aromatic carbocycles. The van der Waals surface area contributed by atoms with E-state index in [0.717, 1.165) is 32.2 Å². The van der Waals surface area contributed by atoms with E-state index in [2.05, 4.69) is 25.7 Å². The van der Waals surface area contributed by atoms with E-state index >= 15 is 0 Å². The molecular formula is C23H23FN6O3. The molecule has 2 fully saturated rings. The van der Waals surface area contributed by atoms with Gasteiger partial charge in [-0.15, -0.1) is 15.3 Å². The zero-order valence-electron chi connectivity index (χ0n) is 17.9. The number of ether oxygens (including phenoxy) is 2. The van der Waals surface area contributed by atoms with E-state index in [1.807, 2.05) is 0 Å². The van der Waals surface area contributed by atoms with Gasteiger partial charge in [0.2, 0.25) is 5.88 Å². The second-order valence-electron chi connectivity index (χ2n) is 8.36. The second-order valence-corrected chi connectivity index (χ2v) is 8.36. The predicted molar refractivity (Wildman–Crippen MR) is 118 cm³/mol. The van der Waals surface area contributed by atoms with Crippen LogP contribution in [0.3, 0.4) is 0 Å². The average molecular weight is 450 g/mol. The minimum absolute atomic E-state index is 0.293. The maximum Gasteiger partial charge on any atom is 0.416 e. The Bertz CT molecular complexity index is 1110. The van der Waals surface area contributed by atoms with Crippen LogP contribution in [-0.2, 0) is 4.74 Å². The van der Waals surface area contributed by atoms with E-state index in [1.165, 1.54) is 12.1 Å². The highest BCUT2D eigenvalue weighted by molar-refractivity contribution is 5.89. The topological polar surface area (TPSA) is 102 Å². The normalized spacial score (nSPS) is 22.3. The molecule has 1 aliphatic heterocycles. The number of hydrogen-bond donors (Lipinski definition) is 1. The summed E-state index contributed by atoms with van der Waals surface area (Å²) in [6.07, 6.45) is 4.68. The number of hydrogen-bond acceptors (Lipinski definition) is 8. The highest BCUT2D eigenvalue weighted by Gasteiger charge is 2.48. The van der Waals surface area contributed by atoms with Crippen molar-refractivity contribution in [2.45, 2.75) is 31.3 Å². The van der Waals surface area contributed by atoms with Crippen molar-refractivity contribution < 1.29 is 18.7 Å². The first-order valence-electron chi connectivity index (χ1n) is 10.9. The molecule has 170 valence electrons. The van der Waals surface area contributed by atoms with Crippen molar-refractivity contribution in [2.24, 2.45) is 5.92 Å². The van der Waals surface area contributed by atoms with E-state index in [9.17, 15) is 9.18 Å². The van der Waals surface area contributed by atoms with E-state index in [4.69, 9.17) is 9.47 Å². The molecule has 10 heteroatoms. The molecule has 33 heavy (non-hydrogen) atoms. The van der Waals surface area contributed by atoms with Crippen LogP contribution in [0.5, 0.6) is 11.6 Å². The van der Waals surface area contributed by atoms with Gasteiger partial charge in [-0.1, -0.05) is 6.07 Å². The van der Waals surface area contributed by atoms with E-state index in [-0.39, 0.29) is 11.9 Å². The molecule has 1 saturated heterocycles. The Kier molecular flexibility index (Phi) is 5.72. The minimum atomic E-state index is -0.458. The van der Waals surface area contributed by atoms with Crippen LogP contribution in [-0.4, -0.2) is 45.2 Å². The molecule has 3 heterocycles. The third kappa shape index (κ3) is 4.84. The number of halogens is 1. The molecule has 0 atom stereocenters. The van der Waals surface area contributed by atoms with Gasteiger partial charge in [0.25, 0.3) is 0 Å². The highest BCUT2D eigenvalue weighted by atomic mass is 19.1. The van der Waals surface area contributed by atoms with Gasteiger partial charge in [-0.25, -0.2) is 9.18 Å². The van der Waals surface area contributed by atoms with Gasteiger partial charge in [-0.2, -0.15) is 5.10 Å². The van der Waals surface area contributed by atoms with Crippen LogP contribution in [0.1, 0.15) is 25.7 Å². The summed E-state index contributed by atoms with van der Waals surface area (Å²) < 4.78 is 24.6. The number of aromatic nitrogens is 4. The van der Waals surface area contributed by atoms with Crippen molar-refractivity contribution in [3.63, 3.8) is 0 Å². The standard InChI is InChI=1S/C23H23FN6O3/c24-17-3-1-4-18(13-17)32-21-7-6-19(27-29-21)25-14-16-8-10-23(11-9-16)15-30(22(31)33-23)20-5-2-12-26-28-20/h1-7,12-13,16H,8-11,14-15H2,(H,25,27)/t16-,23-. The fraction of sp³-hybridized carbons (Fsp3) is 0.348. The van der Waals surface area contributed by atoms with Gasteiger partial charge >= 0.3 is 6.09 Å². The number of rotatable bonds is 6. The van der Waals surface area contributed by atoms with E-state index < -0.39 is 5.60 Å². The maximum absolute atomic E-state index is 13.3. The number of amides is 1. The Morgan fingerprint density at radius 2 is 2.00 bits per heavy atom. The zero-order chi connectivity index (χ0) is 22.7. The van der Waals surface area contributed by atoms with Crippen molar-refractivity contribution in [1.82, 2.24) is 20.4 Å². The first kappa shape index (κ1) is 21.0. The molecule has 5 rings (SSSR count). The first-order valence-corrected chi connectivity index (χ1v) is 10.9. The molecule has 1 amide bonds. The lowest BCUT2D eigenvalue weighted by atomic mass is 9.78. The third-order valence-corrected chi connectivity index (χ3v) is 6.05. The number of benzene rings is 1. The van der Waals surface area contributed by atoms with Crippen molar-refractivity contribution in [1.29, 1.82) is 0 Å². The Morgan fingerprint density at radius 3 is 2.73 bits per heavy atom. The smallest absolute Gasteiger partial charge is 0.416 e. The lowest BCUT2D eigenvalue weighted by Gasteiger charge is -2.35. The van der Waals surface area contributed by atoms with Crippen molar-refractivity contribution in [3.05, 3.63) is 60.5 Å². The predicted octanol–water partition coefficient (Wildman–Crippen LogP) is 4.20. The van der Waals surface area contributed by atoms with Gasteiger partial charge < -0.3 is 14.8 Å². The van der Waals surface area contributed by atoms with Gasteiger partial charge in [0, 0.05) is 24.9 Å². The molecule has 2 aliphatic rings. The monoisotopic (exact) mass is 450 g/mol. The van der Waals surface area contributed by atoms with Crippen molar-refractivity contribution in [3.8, 4) is 11.6 Å². The van der Waals surface area contributed by atoms with Crippen LogP contribution < -0.4 is 15.0 Å². The Labute approximate surface area is 189 Å². The summed E-state index contributed by atoms with van der Waals surface area (Å²) >= 11 is 0. The Hall–Kier alpha value is -3.82. The summed E-state index contributed by atoms with van der Waals surface area (Å²) in [4.78, 5) is 13.9. The van der Waals surface area contributed by atoms with Gasteiger partial charge in [0.05, 0.1) is 6.54 Å². The second kappa shape index (κ2) is 8.97. The molecule has 9 nitrogen and oxygen atoms in total. The minimum Gasteiger partial charge on any atom is -0.441 e. The summed E-state index contributed by atoms with van der Waals surface area (Å²) in [6, 6.07) is 12.9. The van der Waals surface area contributed by atoms with Crippen molar-refractivity contribution in [2.75, 3.05) is 23.3 Å². The van der Waals surface area contributed by atoms with Crippen LogP contribution in [0.15, 0.2) is 54.7 Å². The molecular weight excluding hydrogens is 427 g/mol. The number of anilines is 2. The first-order chi connectivity index (χ1) is 16.1. The van der Waals surface area contributed by atoms with Gasteiger partial charge in [0.15, 0.2) is 5.82 Å². The molecule has 3 aromatic rings. The summed E-state index contributed by atoms with van der Waals surface area (Å²) in [5, 5.41) is 19.4. The molecule has 2 aromatic heterocycles. The van der Waals surface area contributed by atoms with E-state index in [1.54, 1.807) is 47.5 Å². The highest BCUT2D eigenvalue weighted by Crippen LogP contribution is 2.40. The van der Waals surface area contributed by atoms with Crippen molar-refractivity contribution >= 4 is 17.7 Å². The molecule has 0 bridgehead atoms. The van der Waals surface area contributed by atoms with Gasteiger partial charge in [-0.3, -0.25) is 4.90 Å². The Morgan fingerprint density at radius 1 is 1.12 bits per heavy atom. The Balaban J connectivity index is 1.11.